The Morgan fingerprint density at radius 3 is 2.19 bits per heavy atom. The molecular weight excluding hydrogens is 196 g/mol. The van der Waals surface area contributed by atoms with E-state index in [2.05, 4.69) is 41.5 Å². The van der Waals surface area contributed by atoms with E-state index in [0.29, 0.717) is 34.4 Å². The highest BCUT2D eigenvalue weighted by Gasteiger charge is 2.93. The number of hydrogen-bond donors (Lipinski definition) is 0. The minimum atomic E-state index is 0.384. The minimum absolute atomic E-state index is 0.384. The van der Waals surface area contributed by atoms with Gasteiger partial charge in [0.15, 0.2) is 0 Å². The van der Waals surface area contributed by atoms with Crippen LogP contribution in [0.2, 0.25) is 0 Å². The lowest BCUT2D eigenvalue weighted by atomic mass is 9.83. The lowest BCUT2D eigenvalue weighted by Crippen LogP contribution is -2.22. The molecule has 2 saturated carbocycles. The van der Waals surface area contributed by atoms with Crippen molar-refractivity contribution in [1.29, 1.82) is 0 Å². The summed E-state index contributed by atoms with van der Waals surface area (Å²) in [7, 11) is 0. The average molecular weight is 222 g/mol. The molecule has 0 amide bonds. The molecule has 1 nitrogen and oxygen atoms in total. The topological polar surface area (TPSA) is 17.1 Å². The normalized spacial score (nSPS) is 46.4. The molecular formula is C15H26O. The van der Waals surface area contributed by atoms with Crippen molar-refractivity contribution >= 4 is 5.78 Å². The highest BCUT2D eigenvalue weighted by Crippen LogP contribution is 2.94. The average Bonchev–Trinajstić information content (AvgIpc) is 2.96. The highest BCUT2D eigenvalue weighted by molar-refractivity contribution is 5.89. The van der Waals surface area contributed by atoms with Crippen LogP contribution in [-0.4, -0.2) is 5.78 Å². The van der Waals surface area contributed by atoms with Crippen LogP contribution in [0.5, 0.6) is 0 Å². The third-order valence-corrected chi connectivity index (χ3v) is 6.19. The summed E-state index contributed by atoms with van der Waals surface area (Å²) in [6.45, 7) is 13.5. The molecule has 5 unspecified atom stereocenters. The van der Waals surface area contributed by atoms with Gasteiger partial charge in [-0.1, -0.05) is 41.5 Å². The molecule has 0 saturated heterocycles. The summed E-state index contributed by atoms with van der Waals surface area (Å²) in [5, 5.41) is 0. The van der Waals surface area contributed by atoms with Crippen molar-refractivity contribution in [3.05, 3.63) is 0 Å². The van der Waals surface area contributed by atoms with Gasteiger partial charge in [0.1, 0.15) is 5.78 Å². The number of Topliss-reactive ketones (excluding diaryl/α,β-unsaturated/α-hetero) is 1. The summed E-state index contributed by atoms with van der Waals surface area (Å²) < 4.78 is 0. The van der Waals surface area contributed by atoms with Crippen LogP contribution in [0.4, 0.5) is 0 Å². The summed E-state index contributed by atoms with van der Waals surface area (Å²) in [4.78, 5) is 12.3. The Morgan fingerprint density at radius 2 is 1.88 bits per heavy atom. The van der Waals surface area contributed by atoms with Crippen LogP contribution in [0.25, 0.3) is 0 Å². The first kappa shape index (κ1) is 12.1. The SMILES string of the molecule is CCC12C(C)C1(C)C2C(=O)CC(C)C(C)C. The number of rotatable bonds is 5. The van der Waals surface area contributed by atoms with E-state index in [0.717, 1.165) is 12.3 Å². The fourth-order valence-corrected chi connectivity index (χ4v) is 4.33. The van der Waals surface area contributed by atoms with Crippen LogP contribution in [0.1, 0.15) is 54.4 Å². The molecule has 0 bridgehead atoms. The molecule has 16 heavy (non-hydrogen) atoms. The monoisotopic (exact) mass is 222 g/mol. The Morgan fingerprint density at radius 1 is 1.31 bits per heavy atom. The summed E-state index contributed by atoms with van der Waals surface area (Å²) in [6, 6.07) is 0. The van der Waals surface area contributed by atoms with Crippen molar-refractivity contribution in [2.75, 3.05) is 0 Å². The number of fused-ring (bicyclic) bond motifs is 1. The Hall–Kier alpha value is -0.330. The van der Waals surface area contributed by atoms with Gasteiger partial charge in [-0.25, -0.2) is 0 Å². The Labute approximate surface area is 100.0 Å². The minimum Gasteiger partial charge on any atom is -0.299 e. The fourth-order valence-electron chi connectivity index (χ4n) is 4.33. The van der Waals surface area contributed by atoms with Gasteiger partial charge >= 0.3 is 0 Å². The molecule has 2 aliphatic carbocycles. The van der Waals surface area contributed by atoms with E-state index >= 15 is 0 Å². The van der Waals surface area contributed by atoms with Crippen molar-refractivity contribution in [3.8, 4) is 0 Å². The molecule has 92 valence electrons. The predicted molar refractivity (Wildman–Crippen MR) is 67.1 cm³/mol. The van der Waals surface area contributed by atoms with Crippen molar-refractivity contribution in [2.24, 2.45) is 34.5 Å². The summed E-state index contributed by atoms with van der Waals surface area (Å²) in [5.41, 5.74) is 0.802. The second-order valence-electron chi connectivity index (χ2n) is 6.72. The first-order valence-electron chi connectivity index (χ1n) is 6.86. The molecule has 5 atom stereocenters. The van der Waals surface area contributed by atoms with E-state index in [1.165, 1.54) is 6.42 Å². The first-order valence-corrected chi connectivity index (χ1v) is 6.86. The van der Waals surface area contributed by atoms with Crippen LogP contribution in [0, 0.1) is 34.5 Å². The van der Waals surface area contributed by atoms with E-state index < -0.39 is 0 Å². The quantitative estimate of drug-likeness (QED) is 0.689. The van der Waals surface area contributed by atoms with Gasteiger partial charge in [0.05, 0.1) is 0 Å². The van der Waals surface area contributed by atoms with Gasteiger partial charge < -0.3 is 0 Å². The van der Waals surface area contributed by atoms with Crippen LogP contribution in [0.15, 0.2) is 0 Å². The molecule has 2 aliphatic rings. The third-order valence-electron chi connectivity index (χ3n) is 6.19. The maximum atomic E-state index is 12.3. The predicted octanol–water partition coefficient (Wildman–Crippen LogP) is 3.92. The number of ketones is 1. The molecule has 0 spiro atoms. The van der Waals surface area contributed by atoms with E-state index in [1.54, 1.807) is 0 Å². The van der Waals surface area contributed by atoms with E-state index in [9.17, 15) is 4.79 Å². The van der Waals surface area contributed by atoms with Gasteiger partial charge in [-0.2, -0.15) is 0 Å². The van der Waals surface area contributed by atoms with Crippen LogP contribution in [0.3, 0.4) is 0 Å². The maximum absolute atomic E-state index is 12.3. The van der Waals surface area contributed by atoms with E-state index in [1.807, 2.05) is 0 Å². The lowest BCUT2D eigenvalue weighted by molar-refractivity contribution is -0.124. The molecule has 0 N–H and O–H groups in total. The van der Waals surface area contributed by atoms with E-state index in [4.69, 9.17) is 0 Å². The molecule has 2 fully saturated rings. The van der Waals surface area contributed by atoms with Crippen molar-refractivity contribution in [3.63, 3.8) is 0 Å². The third kappa shape index (κ3) is 1.15. The second-order valence-corrected chi connectivity index (χ2v) is 6.72. The van der Waals surface area contributed by atoms with Crippen LogP contribution < -0.4 is 0 Å². The fraction of sp³-hybridized carbons (Fsp3) is 0.933. The van der Waals surface area contributed by atoms with Gasteiger partial charge in [-0.3, -0.25) is 4.79 Å². The molecule has 0 aromatic heterocycles. The summed E-state index contributed by atoms with van der Waals surface area (Å²) in [5.74, 6) is 2.90. The number of hydrogen-bond acceptors (Lipinski definition) is 1. The molecule has 0 aromatic rings. The molecule has 0 aliphatic heterocycles. The Balaban J connectivity index is 1.96. The zero-order valence-electron chi connectivity index (χ0n) is 11.6. The highest BCUT2D eigenvalue weighted by atomic mass is 16.1. The van der Waals surface area contributed by atoms with Crippen LogP contribution in [-0.2, 0) is 4.79 Å². The molecule has 0 aromatic carbocycles. The van der Waals surface area contributed by atoms with Crippen molar-refractivity contribution in [1.82, 2.24) is 0 Å². The Bertz CT molecular complexity index is 319. The van der Waals surface area contributed by atoms with Crippen molar-refractivity contribution in [2.45, 2.75) is 54.4 Å². The number of carbonyl (C=O) groups is 1. The largest absolute Gasteiger partial charge is 0.299 e. The summed E-state index contributed by atoms with van der Waals surface area (Å²) >= 11 is 0. The first-order chi connectivity index (χ1) is 7.34. The second kappa shape index (κ2) is 3.34. The number of carbonyl (C=O) groups excluding carboxylic acids is 1. The van der Waals surface area contributed by atoms with Gasteiger partial charge in [0, 0.05) is 12.3 Å². The zero-order valence-corrected chi connectivity index (χ0v) is 11.6. The van der Waals surface area contributed by atoms with Gasteiger partial charge in [-0.15, -0.1) is 0 Å². The van der Waals surface area contributed by atoms with Crippen LogP contribution >= 0.6 is 0 Å². The van der Waals surface area contributed by atoms with Gasteiger partial charge in [0.25, 0.3) is 0 Å². The molecule has 0 heterocycles. The lowest BCUT2D eigenvalue weighted by Gasteiger charge is -2.20. The zero-order chi connectivity index (χ0) is 12.3. The Kier molecular flexibility index (Phi) is 2.53. The maximum Gasteiger partial charge on any atom is 0.137 e. The van der Waals surface area contributed by atoms with Gasteiger partial charge in [0.2, 0.25) is 0 Å². The standard InChI is InChI=1S/C15H26O/c1-7-15-11(5)14(15,6)13(15)12(16)8-10(4)9(2)3/h9-11,13H,7-8H2,1-6H3. The summed E-state index contributed by atoms with van der Waals surface area (Å²) in [6.07, 6.45) is 1.99. The van der Waals surface area contributed by atoms with Crippen molar-refractivity contribution < 1.29 is 4.79 Å². The van der Waals surface area contributed by atoms with Gasteiger partial charge in [-0.05, 0) is 35.0 Å². The molecule has 2 rings (SSSR count). The van der Waals surface area contributed by atoms with E-state index in [-0.39, 0.29) is 0 Å². The molecule has 1 heteroatoms. The smallest absolute Gasteiger partial charge is 0.137 e. The molecule has 0 radical (unpaired) electrons.